The molecule has 1 aliphatic rings. The van der Waals surface area contributed by atoms with Gasteiger partial charge in [-0.05, 0) is 22.0 Å². The molecule has 0 bridgehead atoms. The van der Waals surface area contributed by atoms with Crippen LogP contribution in [-0.4, -0.2) is 30.7 Å². The van der Waals surface area contributed by atoms with E-state index in [9.17, 15) is 14.5 Å². The number of halogens is 2. The summed E-state index contributed by atoms with van der Waals surface area (Å²) in [7, 11) is 2.89. The fourth-order valence-corrected chi connectivity index (χ4v) is 3.19. The molecule has 0 radical (unpaired) electrons. The molecule has 1 aromatic heterocycles. The normalized spacial score (nSPS) is 13.1. The number of nitrogens with zero attached hydrogens (tertiary/aromatic N) is 3. The molecule has 3 rings (SSSR count). The monoisotopic (exact) mass is 409 g/mol. The van der Waals surface area contributed by atoms with Crippen LogP contribution in [0.25, 0.3) is 6.08 Å². The number of fused-ring (bicyclic) bond motifs is 1. The maximum atomic E-state index is 14.5. The second-order valence-electron chi connectivity index (χ2n) is 5.20. The number of methoxy groups -OCH3 is 2. The van der Waals surface area contributed by atoms with E-state index in [0.717, 1.165) is 6.20 Å². The van der Waals surface area contributed by atoms with E-state index < -0.39 is 10.7 Å². The molecule has 1 aliphatic heterocycles. The van der Waals surface area contributed by atoms with E-state index in [1.54, 1.807) is 12.1 Å². The molecule has 0 saturated carbocycles. The molecule has 1 aromatic carbocycles. The Bertz CT molecular complexity index is 888. The Morgan fingerprint density at radius 1 is 1.28 bits per heavy atom. The van der Waals surface area contributed by atoms with Crippen molar-refractivity contribution >= 4 is 33.4 Å². The quantitative estimate of drug-likeness (QED) is 0.564. The minimum Gasteiger partial charge on any atom is -0.495 e. The Morgan fingerprint density at radius 3 is 2.64 bits per heavy atom. The van der Waals surface area contributed by atoms with Gasteiger partial charge in [0, 0.05) is 17.7 Å². The molecule has 0 aliphatic carbocycles. The summed E-state index contributed by atoms with van der Waals surface area (Å²) in [5.74, 6) is 0.0596. The van der Waals surface area contributed by atoms with Crippen molar-refractivity contribution in [2.24, 2.45) is 0 Å². The first-order chi connectivity index (χ1) is 12.0. The van der Waals surface area contributed by atoms with E-state index in [2.05, 4.69) is 20.9 Å². The highest BCUT2D eigenvalue weighted by molar-refractivity contribution is 9.10. The Hall–Kier alpha value is -2.68. The zero-order chi connectivity index (χ0) is 18.1. The van der Waals surface area contributed by atoms with Crippen LogP contribution in [0, 0.1) is 15.9 Å². The van der Waals surface area contributed by atoms with Crippen LogP contribution in [0.3, 0.4) is 0 Å². The number of pyridine rings is 1. The average Bonchev–Trinajstić information content (AvgIpc) is 2.59. The van der Waals surface area contributed by atoms with Crippen molar-refractivity contribution in [2.45, 2.75) is 0 Å². The Kier molecular flexibility index (Phi) is 4.58. The zero-order valence-corrected chi connectivity index (χ0v) is 14.9. The SMILES string of the molecule is COc1cc2c(cc1Br)C=C([N+](=O)[O-])CN2c1c(F)cncc1OC. The third-order valence-electron chi connectivity index (χ3n) is 3.80. The first-order valence-corrected chi connectivity index (χ1v) is 7.93. The molecule has 0 amide bonds. The number of ether oxygens (including phenoxy) is 2. The summed E-state index contributed by atoms with van der Waals surface area (Å²) >= 11 is 3.36. The van der Waals surface area contributed by atoms with Crippen molar-refractivity contribution in [2.75, 3.05) is 25.7 Å². The van der Waals surface area contributed by atoms with Gasteiger partial charge in [-0.15, -0.1) is 0 Å². The van der Waals surface area contributed by atoms with E-state index in [1.807, 2.05) is 0 Å². The highest BCUT2D eigenvalue weighted by atomic mass is 79.9. The lowest BCUT2D eigenvalue weighted by molar-refractivity contribution is -0.423. The van der Waals surface area contributed by atoms with E-state index in [4.69, 9.17) is 9.47 Å². The number of nitro groups is 1. The topological polar surface area (TPSA) is 77.7 Å². The Balaban J connectivity index is 2.26. The highest BCUT2D eigenvalue weighted by Crippen LogP contribution is 2.43. The summed E-state index contributed by atoms with van der Waals surface area (Å²) in [4.78, 5) is 16.1. The molecular weight excluding hydrogens is 397 g/mol. The van der Waals surface area contributed by atoms with Gasteiger partial charge in [-0.1, -0.05) is 0 Å². The number of hydrogen-bond acceptors (Lipinski definition) is 6. The molecule has 2 heterocycles. The molecule has 7 nitrogen and oxygen atoms in total. The van der Waals surface area contributed by atoms with Gasteiger partial charge >= 0.3 is 0 Å². The van der Waals surface area contributed by atoms with Gasteiger partial charge in [-0.25, -0.2) is 4.39 Å². The van der Waals surface area contributed by atoms with Crippen molar-refractivity contribution in [3.8, 4) is 11.5 Å². The second-order valence-corrected chi connectivity index (χ2v) is 6.05. The lowest BCUT2D eigenvalue weighted by Crippen LogP contribution is -2.28. The Morgan fingerprint density at radius 2 is 2.00 bits per heavy atom. The molecule has 9 heteroatoms. The van der Waals surface area contributed by atoms with Crippen molar-refractivity contribution in [3.63, 3.8) is 0 Å². The van der Waals surface area contributed by atoms with Crippen molar-refractivity contribution in [1.29, 1.82) is 0 Å². The molecule has 0 N–H and O–H groups in total. The summed E-state index contributed by atoms with van der Waals surface area (Å²) in [6, 6.07) is 3.38. The van der Waals surface area contributed by atoms with Gasteiger partial charge in [0.25, 0.3) is 5.70 Å². The Labute approximate surface area is 151 Å². The zero-order valence-electron chi connectivity index (χ0n) is 13.3. The minimum absolute atomic E-state index is 0.0668. The predicted octanol–water partition coefficient (Wildman–Crippen LogP) is 3.77. The van der Waals surface area contributed by atoms with E-state index in [1.165, 1.54) is 31.4 Å². The maximum absolute atomic E-state index is 14.5. The van der Waals surface area contributed by atoms with Crippen LogP contribution in [0.15, 0.2) is 34.7 Å². The van der Waals surface area contributed by atoms with Crippen molar-refractivity contribution in [3.05, 3.63) is 56.2 Å². The fourth-order valence-electron chi connectivity index (χ4n) is 2.67. The summed E-state index contributed by atoms with van der Waals surface area (Å²) in [6.07, 6.45) is 3.86. The van der Waals surface area contributed by atoms with Gasteiger partial charge in [-0.2, -0.15) is 0 Å². The molecule has 0 fully saturated rings. The van der Waals surface area contributed by atoms with Gasteiger partial charge in [0.15, 0.2) is 11.6 Å². The molecular formula is C16H13BrFN3O4. The summed E-state index contributed by atoms with van der Waals surface area (Å²) in [6.45, 7) is -0.123. The number of hydrogen-bond donors (Lipinski definition) is 0. The number of anilines is 2. The predicted molar refractivity (Wildman–Crippen MR) is 93.4 cm³/mol. The van der Waals surface area contributed by atoms with E-state index in [-0.39, 0.29) is 23.7 Å². The lowest BCUT2D eigenvalue weighted by atomic mass is 10.0. The molecule has 25 heavy (non-hydrogen) atoms. The van der Waals surface area contributed by atoms with Crippen LogP contribution in [-0.2, 0) is 0 Å². The van der Waals surface area contributed by atoms with E-state index in [0.29, 0.717) is 21.5 Å². The molecule has 130 valence electrons. The molecule has 0 unspecified atom stereocenters. The largest absolute Gasteiger partial charge is 0.495 e. The van der Waals surface area contributed by atoms with Gasteiger partial charge in [0.2, 0.25) is 0 Å². The molecule has 0 saturated heterocycles. The van der Waals surface area contributed by atoms with Crippen LogP contribution < -0.4 is 14.4 Å². The fraction of sp³-hybridized carbons (Fsp3) is 0.188. The molecule has 0 atom stereocenters. The average molecular weight is 410 g/mol. The van der Waals surface area contributed by atoms with Crippen LogP contribution in [0.5, 0.6) is 11.5 Å². The number of benzene rings is 1. The third kappa shape index (κ3) is 3.02. The smallest absolute Gasteiger partial charge is 0.266 e. The van der Waals surface area contributed by atoms with Gasteiger partial charge in [0.05, 0.1) is 41.7 Å². The third-order valence-corrected chi connectivity index (χ3v) is 4.42. The highest BCUT2D eigenvalue weighted by Gasteiger charge is 2.30. The standard InChI is InChI=1S/C16H13BrFN3O4/c1-24-14-5-13-9(4-11(14)17)3-10(21(22)23)8-20(13)16-12(18)6-19-7-15(16)25-2/h3-7H,8H2,1-2H3. The van der Waals surface area contributed by atoms with Gasteiger partial charge < -0.3 is 14.4 Å². The summed E-state index contributed by atoms with van der Waals surface area (Å²) in [5, 5.41) is 11.3. The number of aromatic nitrogens is 1. The van der Waals surface area contributed by atoms with Gasteiger partial charge in [0.1, 0.15) is 18.0 Å². The second kappa shape index (κ2) is 6.67. The summed E-state index contributed by atoms with van der Waals surface area (Å²) in [5.41, 5.74) is 1.14. The first kappa shape index (κ1) is 17.2. The first-order valence-electron chi connectivity index (χ1n) is 7.13. The van der Waals surface area contributed by atoms with Crippen molar-refractivity contribution < 1.29 is 18.8 Å². The maximum Gasteiger partial charge on any atom is 0.266 e. The van der Waals surface area contributed by atoms with Crippen LogP contribution >= 0.6 is 15.9 Å². The van der Waals surface area contributed by atoms with Gasteiger partial charge in [-0.3, -0.25) is 15.1 Å². The molecule has 2 aromatic rings. The lowest BCUT2D eigenvalue weighted by Gasteiger charge is -2.30. The summed E-state index contributed by atoms with van der Waals surface area (Å²) < 4.78 is 25.6. The van der Waals surface area contributed by atoms with Crippen LogP contribution in [0.1, 0.15) is 5.56 Å². The van der Waals surface area contributed by atoms with Crippen LogP contribution in [0.4, 0.5) is 15.8 Å². The van der Waals surface area contributed by atoms with E-state index >= 15 is 0 Å². The minimum atomic E-state index is -0.642. The van der Waals surface area contributed by atoms with Crippen molar-refractivity contribution in [1.82, 2.24) is 4.98 Å². The molecule has 0 spiro atoms. The van der Waals surface area contributed by atoms with Crippen LogP contribution in [0.2, 0.25) is 0 Å². The number of rotatable bonds is 4.